The highest BCUT2D eigenvalue weighted by Crippen LogP contribution is 2.37. The van der Waals surface area contributed by atoms with Gasteiger partial charge in [0.1, 0.15) is 27.0 Å². The Balaban J connectivity index is 2.13. The van der Waals surface area contributed by atoms with Crippen LogP contribution in [0.15, 0.2) is 29.2 Å². The third kappa shape index (κ3) is 5.92. The number of nitrogens with one attached hydrogen (secondary N) is 1. The number of alkyl carbamates (subject to hydrolysis) is 1. The topological polar surface area (TPSA) is 82.5 Å². The Labute approximate surface area is 226 Å². The zero-order valence-electron chi connectivity index (χ0n) is 23.7. The number of carbonyl (C=O) groups is 1. The molecule has 2 aromatic heterocycles. The van der Waals surface area contributed by atoms with Crippen molar-refractivity contribution >= 4 is 55.1 Å². The van der Waals surface area contributed by atoms with Gasteiger partial charge in [-0.25, -0.2) is 4.79 Å². The third-order valence-electron chi connectivity index (χ3n) is 6.82. The van der Waals surface area contributed by atoms with Crippen LogP contribution in [0, 0.1) is 12.8 Å². The van der Waals surface area contributed by atoms with E-state index in [0.717, 1.165) is 22.0 Å². The summed E-state index contributed by atoms with van der Waals surface area (Å²) in [6, 6.07) is 5.40. The molecule has 0 aliphatic rings. The lowest BCUT2D eigenvalue weighted by atomic mass is 9.53. The standard InChI is InChI=1S/C27H38B2ClN3O4/c1-9-33-22-16(4)31-11-10-17(22)18-12-20(30)21(13-19(18)23(33)34)36-27(28,29)26(8,14-15(2)3)32-24(35)37-25(5,6)7/h10-13,15H,9,14,28-29H2,1-8H3,(H,32,35). The van der Waals surface area contributed by atoms with Crippen LogP contribution >= 0.6 is 11.6 Å². The summed E-state index contributed by atoms with van der Waals surface area (Å²) in [6.07, 6.45) is 1.85. The molecule has 37 heavy (non-hydrogen) atoms. The molecule has 0 saturated heterocycles. The molecule has 0 bridgehead atoms. The zero-order chi connectivity index (χ0) is 27.9. The van der Waals surface area contributed by atoms with Crippen LogP contribution < -0.4 is 15.6 Å². The number of pyridine rings is 2. The monoisotopic (exact) mass is 525 g/mol. The molecule has 1 N–H and O–H groups in total. The largest absolute Gasteiger partial charge is 0.502 e. The van der Waals surface area contributed by atoms with E-state index in [0.29, 0.717) is 29.1 Å². The number of amides is 1. The SMILES string of the molecule is BC(B)(Oc1cc2c(=O)n(CC)c3c(C)nccc3c2cc1Cl)C(C)(CC(C)C)NC(=O)OC(C)(C)C. The maximum Gasteiger partial charge on any atom is 0.408 e. The summed E-state index contributed by atoms with van der Waals surface area (Å²) in [5.74, 6) is 0.639. The van der Waals surface area contributed by atoms with Gasteiger partial charge in [0.15, 0.2) is 0 Å². The number of hydrogen-bond donors (Lipinski definition) is 1. The molecule has 0 spiro atoms. The summed E-state index contributed by atoms with van der Waals surface area (Å²) in [6.45, 7) is 15.9. The van der Waals surface area contributed by atoms with Gasteiger partial charge in [-0.3, -0.25) is 9.78 Å². The van der Waals surface area contributed by atoms with Gasteiger partial charge in [-0.15, -0.1) is 0 Å². The fourth-order valence-corrected chi connectivity index (χ4v) is 5.08. The summed E-state index contributed by atoms with van der Waals surface area (Å²) in [4.78, 5) is 30.7. The molecular formula is C27H38B2ClN3O4. The van der Waals surface area contributed by atoms with Crippen molar-refractivity contribution in [2.24, 2.45) is 5.92 Å². The number of fused-ring (bicyclic) bond motifs is 3. The van der Waals surface area contributed by atoms with Crippen molar-refractivity contribution in [2.45, 2.75) is 84.9 Å². The normalized spacial score (nSPS) is 14.1. The highest BCUT2D eigenvalue weighted by atomic mass is 35.5. The van der Waals surface area contributed by atoms with Gasteiger partial charge in [-0.1, -0.05) is 25.4 Å². The van der Waals surface area contributed by atoms with Crippen LogP contribution in [0.25, 0.3) is 21.7 Å². The highest BCUT2D eigenvalue weighted by Gasteiger charge is 2.45. The van der Waals surface area contributed by atoms with Gasteiger partial charge in [0.05, 0.1) is 32.6 Å². The minimum Gasteiger partial charge on any atom is -0.502 e. The van der Waals surface area contributed by atoms with Gasteiger partial charge in [-0.05, 0) is 77.5 Å². The molecule has 3 aromatic rings. The second-order valence-corrected chi connectivity index (χ2v) is 12.2. The predicted molar refractivity (Wildman–Crippen MR) is 157 cm³/mol. The van der Waals surface area contributed by atoms with E-state index < -0.39 is 22.6 Å². The van der Waals surface area contributed by atoms with E-state index >= 15 is 0 Å². The van der Waals surface area contributed by atoms with Crippen LogP contribution in [-0.2, 0) is 11.3 Å². The smallest absolute Gasteiger partial charge is 0.408 e. The first-order chi connectivity index (χ1) is 17.0. The van der Waals surface area contributed by atoms with E-state index in [1.165, 1.54) is 0 Å². The van der Waals surface area contributed by atoms with Crippen molar-refractivity contribution in [3.63, 3.8) is 0 Å². The molecule has 7 nitrogen and oxygen atoms in total. The third-order valence-corrected chi connectivity index (χ3v) is 7.11. The van der Waals surface area contributed by atoms with E-state index in [1.54, 1.807) is 22.9 Å². The van der Waals surface area contributed by atoms with E-state index in [4.69, 9.17) is 21.1 Å². The summed E-state index contributed by atoms with van der Waals surface area (Å²) in [7, 11) is 3.82. The molecular weight excluding hydrogens is 487 g/mol. The molecule has 1 aromatic carbocycles. The van der Waals surface area contributed by atoms with Crippen LogP contribution in [0.3, 0.4) is 0 Å². The van der Waals surface area contributed by atoms with Crippen LogP contribution in [-0.4, -0.2) is 47.9 Å². The number of aromatic nitrogens is 2. The van der Waals surface area contributed by atoms with Gasteiger partial charge in [0.2, 0.25) is 0 Å². The molecule has 1 amide bonds. The number of ether oxygens (including phenoxy) is 2. The van der Waals surface area contributed by atoms with Crippen molar-refractivity contribution in [1.29, 1.82) is 0 Å². The number of benzene rings is 1. The predicted octanol–water partition coefficient (Wildman–Crippen LogP) is 4.16. The van der Waals surface area contributed by atoms with Gasteiger partial charge >= 0.3 is 6.09 Å². The van der Waals surface area contributed by atoms with Gasteiger partial charge in [0.25, 0.3) is 5.56 Å². The van der Waals surface area contributed by atoms with Crippen molar-refractivity contribution in [1.82, 2.24) is 14.9 Å². The minimum atomic E-state index is -0.910. The maximum atomic E-state index is 13.5. The first-order valence-electron chi connectivity index (χ1n) is 12.8. The van der Waals surface area contributed by atoms with Gasteiger partial charge in [-0.2, -0.15) is 0 Å². The van der Waals surface area contributed by atoms with Crippen LogP contribution in [0.1, 0.15) is 60.6 Å². The van der Waals surface area contributed by atoms with Crippen molar-refractivity contribution in [3.05, 3.63) is 45.5 Å². The second kappa shape index (κ2) is 10.2. The first kappa shape index (κ1) is 28.9. The Hall–Kier alpha value is -2.67. The molecule has 0 fully saturated rings. The lowest BCUT2D eigenvalue weighted by molar-refractivity contribution is 0.0325. The Bertz CT molecular complexity index is 1400. The highest BCUT2D eigenvalue weighted by molar-refractivity contribution is 6.41. The molecule has 0 radical (unpaired) electrons. The number of carbonyl (C=O) groups excluding carboxylic acids is 1. The van der Waals surface area contributed by atoms with Crippen molar-refractivity contribution in [3.8, 4) is 5.75 Å². The molecule has 2 heterocycles. The lowest BCUT2D eigenvalue weighted by Crippen LogP contribution is -2.67. The molecule has 0 aliphatic carbocycles. The van der Waals surface area contributed by atoms with E-state index in [9.17, 15) is 9.59 Å². The first-order valence-corrected chi connectivity index (χ1v) is 13.2. The second-order valence-electron chi connectivity index (χ2n) is 11.8. The van der Waals surface area contributed by atoms with E-state index in [2.05, 4.69) is 24.1 Å². The number of rotatable bonds is 7. The van der Waals surface area contributed by atoms with E-state index in [-0.39, 0.29) is 11.5 Å². The number of halogens is 1. The number of hydrogen-bond acceptors (Lipinski definition) is 5. The van der Waals surface area contributed by atoms with Crippen molar-refractivity contribution < 1.29 is 14.3 Å². The molecule has 198 valence electrons. The summed E-state index contributed by atoms with van der Waals surface area (Å²) in [5.41, 5.74) is 0.0209. The summed E-state index contributed by atoms with van der Waals surface area (Å²) >= 11 is 6.76. The Morgan fingerprint density at radius 3 is 2.38 bits per heavy atom. The van der Waals surface area contributed by atoms with Crippen LogP contribution in [0.4, 0.5) is 4.79 Å². The van der Waals surface area contributed by atoms with Crippen LogP contribution in [0.5, 0.6) is 5.75 Å². The molecule has 3 rings (SSSR count). The molecule has 10 heteroatoms. The average Bonchev–Trinajstić information content (AvgIpc) is 2.73. The number of aryl methyl sites for hydroxylation is 2. The maximum absolute atomic E-state index is 13.5. The Morgan fingerprint density at radius 2 is 1.81 bits per heavy atom. The fraction of sp³-hybridized carbons (Fsp3) is 0.519. The summed E-state index contributed by atoms with van der Waals surface area (Å²) < 4.78 is 13.8. The number of nitrogens with zero attached hydrogens (tertiary/aromatic N) is 2. The zero-order valence-corrected chi connectivity index (χ0v) is 24.5. The quantitative estimate of drug-likeness (QED) is 0.370. The Kier molecular flexibility index (Phi) is 8.00. The van der Waals surface area contributed by atoms with Crippen molar-refractivity contribution in [2.75, 3.05) is 0 Å². The molecule has 1 atom stereocenters. The summed E-state index contributed by atoms with van der Waals surface area (Å²) in [5, 5.41) is 4.71. The molecule has 1 unspecified atom stereocenters. The fourth-order valence-electron chi connectivity index (χ4n) is 4.88. The van der Waals surface area contributed by atoms with Gasteiger partial charge in [0, 0.05) is 18.1 Å². The van der Waals surface area contributed by atoms with E-state index in [1.807, 2.05) is 63.3 Å². The minimum absolute atomic E-state index is 0.128. The lowest BCUT2D eigenvalue weighted by Gasteiger charge is -2.46. The Morgan fingerprint density at radius 1 is 1.16 bits per heavy atom. The molecule has 0 saturated carbocycles. The molecule has 0 aliphatic heterocycles. The van der Waals surface area contributed by atoms with Crippen LogP contribution in [0.2, 0.25) is 5.02 Å². The van der Waals surface area contributed by atoms with Gasteiger partial charge < -0.3 is 19.4 Å². The average molecular weight is 526 g/mol.